The van der Waals surface area contributed by atoms with E-state index < -0.39 is 0 Å². The summed E-state index contributed by atoms with van der Waals surface area (Å²) in [5.74, 6) is 6.40. The first-order chi connectivity index (χ1) is 29.2. The van der Waals surface area contributed by atoms with Gasteiger partial charge in [0.15, 0.2) is 0 Å². The molecule has 6 nitrogen and oxygen atoms in total. The van der Waals surface area contributed by atoms with Crippen LogP contribution in [0.25, 0.3) is 0 Å². The van der Waals surface area contributed by atoms with E-state index in [0.717, 1.165) is 120 Å². The largest absolute Gasteiger partial charge is 0.491 e. The van der Waals surface area contributed by atoms with Crippen LogP contribution in [0.3, 0.4) is 0 Å². The topological polar surface area (TPSA) is 55.4 Å². The van der Waals surface area contributed by atoms with Crippen LogP contribution in [0.2, 0.25) is 0 Å². The molecule has 0 aromatic heterocycles. The number of fused-ring (bicyclic) bond motifs is 4. The quantitative estimate of drug-likeness (QED) is 0.0621. The van der Waals surface area contributed by atoms with Crippen molar-refractivity contribution in [2.45, 2.75) is 194 Å². The minimum Gasteiger partial charge on any atom is -0.491 e. The lowest BCUT2D eigenvalue weighted by Crippen LogP contribution is -2.23. The highest BCUT2D eigenvalue weighted by Crippen LogP contribution is 2.59. The molecule has 2 aliphatic rings. The maximum atomic E-state index is 6.89. The summed E-state index contributed by atoms with van der Waals surface area (Å²) in [6.07, 6.45) is 18.8. The molecule has 0 saturated carbocycles. The molecule has 4 unspecified atom stereocenters. The summed E-state index contributed by atoms with van der Waals surface area (Å²) in [4.78, 5) is 0. The van der Waals surface area contributed by atoms with Crippen LogP contribution in [0.15, 0.2) is 72.8 Å². The van der Waals surface area contributed by atoms with Gasteiger partial charge >= 0.3 is 0 Å². The van der Waals surface area contributed by atoms with Crippen molar-refractivity contribution in [2.75, 3.05) is 0 Å². The summed E-state index contributed by atoms with van der Waals surface area (Å²) in [6, 6.07) is 25.8. The van der Waals surface area contributed by atoms with Gasteiger partial charge in [-0.1, -0.05) is 103 Å². The third kappa shape index (κ3) is 11.9. The average molecular weight is 819 g/mol. The van der Waals surface area contributed by atoms with Crippen LogP contribution < -0.4 is 28.4 Å². The Morgan fingerprint density at radius 1 is 0.367 bits per heavy atom. The fourth-order valence-electron chi connectivity index (χ4n) is 8.92. The summed E-state index contributed by atoms with van der Waals surface area (Å²) in [5.41, 5.74) is 4.48. The van der Waals surface area contributed by atoms with Crippen LogP contribution in [0, 0.1) is 0 Å². The van der Waals surface area contributed by atoms with Crippen LogP contribution in [-0.4, -0.2) is 24.4 Å². The van der Waals surface area contributed by atoms with Gasteiger partial charge in [-0.05, 0) is 103 Å². The van der Waals surface area contributed by atoms with Crippen LogP contribution in [0.1, 0.15) is 192 Å². The minimum atomic E-state index is -0.0864. The van der Waals surface area contributed by atoms with E-state index in [1.807, 2.05) is 0 Å². The number of rotatable bonds is 25. The van der Waals surface area contributed by atoms with Crippen LogP contribution in [0.4, 0.5) is 0 Å². The van der Waals surface area contributed by atoms with Crippen molar-refractivity contribution in [1.29, 1.82) is 0 Å². The van der Waals surface area contributed by atoms with Gasteiger partial charge in [-0.3, -0.25) is 0 Å². The van der Waals surface area contributed by atoms with Crippen molar-refractivity contribution in [2.24, 2.45) is 0 Å². The monoisotopic (exact) mass is 819 g/mol. The lowest BCUT2D eigenvalue weighted by molar-refractivity contribution is 0.204. The predicted octanol–water partition coefficient (Wildman–Crippen LogP) is 16.3. The molecule has 0 saturated heterocycles. The number of benzene rings is 4. The Morgan fingerprint density at radius 3 is 0.817 bits per heavy atom. The Kier molecular flexibility index (Phi) is 17.0. The van der Waals surface area contributed by atoms with E-state index in [-0.39, 0.29) is 36.3 Å². The third-order valence-corrected chi connectivity index (χ3v) is 12.3. The van der Waals surface area contributed by atoms with Gasteiger partial charge in [0.1, 0.15) is 46.0 Å². The zero-order valence-corrected chi connectivity index (χ0v) is 38.2. The van der Waals surface area contributed by atoms with Gasteiger partial charge in [0.25, 0.3) is 0 Å². The summed E-state index contributed by atoms with van der Waals surface area (Å²) >= 11 is 0. The van der Waals surface area contributed by atoms with Crippen molar-refractivity contribution in [3.63, 3.8) is 0 Å². The number of hydrogen-bond donors (Lipinski definition) is 0. The molecule has 4 aromatic carbocycles. The van der Waals surface area contributed by atoms with Crippen molar-refractivity contribution >= 4 is 0 Å². The summed E-state index contributed by atoms with van der Waals surface area (Å²) in [6.45, 7) is 17.6. The average Bonchev–Trinajstić information content (AvgIpc) is 3.22. The number of ether oxygens (including phenoxy) is 6. The minimum absolute atomic E-state index is 0.0864. The second-order valence-electron chi connectivity index (χ2n) is 17.7. The summed E-state index contributed by atoms with van der Waals surface area (Å²) in [7, 11) is 0. The molecule has 0 bridgehead atoms. The number of hydrogen-bond acceptors (Lipinski definition) is 6. The van der Waals surface area contributed by atoms with Gasteiger partial charge in [0.2, 0.25) is 0 Å². The van der Waals surface area contributed by atoms with Crippen LogP contribution in [0.5, 0.6) is 46.0 Å². The second-order valence-corrected chi connectivity index (χ2v) is 17.7. The van der Waals surface area contributed by atoms with Crippen LogP contribution >= 0.6 is 0 Å². The first kappa shape index (κ1) is 45.2. The Morgan fingerprint density at radius 2 is 0.600 bits per heavy atom. The molecule has 6 heteroatoms. The van der Waals surface area contributed by atoms with E-state index in [9.17, 15) is 0 Å². The fourth-order valence-corrected chi connectivity index (χ4v) is 8.92. The molecule has 0 spiro atoms. The van der Waals surface area contributed by atoms with Gasteiger partial charge in [-0.25, -0.2) is 0 Å². The first-order valence-electron chi connectivity index (χ1n) is 23.8. The van der Waals surface area contributed by atoms with Gasteiger partial charge < -0.3 is 28.4 Å². The van der Waals surface area contributed by atoms with E-state index in [0.29, 0.717) is 0 Å². The first-order valence-corrected chi connectivity index (χ1v) is 23.8. The van der Waals surface area contributed by atoms with E-state index in [1.54, 1.807) is 0 Å². The van der Waals surface area contributed by atoms with Crippen molar-refractivity contribution in [3.05, 3.63) is 95.1 Å². The van der Waals surface area contributed by atoms with Gasteiger partial charge in [0.05, 0.1) is 24.4 Å². The molecule has 0 amide bonds. The zero-order valence-electron chi connectivity index (χ0n) is 38.2. The second kappa shape index (κ2) is 22.5. The SMILES string of the molecule is CCCCCC(C)Oc1ccc2c(c1)Oc1cc(OC(C)CCCCC)ccc1C2C1c2ccc(OC(C)CCCCC)cc2Oc2cc(OC(C)CCCCC)ccc21. The lowest BCUT2D eigenvalue weighted by atomic mass is 9.71. The molecule has 4 aromatic rings. The molecule has 2 heterocycles. The highest BCUT2D eigenvalue weighted by molar-refractivity contribution is 5.65. The zero-order chi connectivity index (χ0) is 42.4. The molecule has 0 radical (unpaired) electrons. The van der Waals surface area contributed by atoms with Gasteiger partial charge in [-0.15, -0.1) is 0 Å². The maximum Gasteiger partial charge on any atom is 0.134 e. The molecule has 0 N–H and O–H groups in total. The molecule has 6 rings (SSSR count). The standard InChI is InChI=1S/C54H74O6/c1-9-13-17-21-37(5)55-41-25-29-45-49(33-41)59-50-34-42(56-38(6)22-18-14-10-2)26-30-46(50)53(45)54-47-31-27-43(57-39(7)23-19-15-11-3)35-51(47)60-52-36-44(28-32-48(52)54)58-40(8)24-20-16-12-4/h25-40,53-54H,9-24H2,1-8H3. The Labute approximate surface area is 362 Å². The third-order valence-electron chi connectivity index (χ3n) is 12.3. The van der Waals surface area contributed by atoms with E-state index in [2.05, 4.69) is 128 Å². The molecule has 2 aliphatic heterocycles. The van der Waals surface area contributed by atoms with E-state index in [4.69, 9.17) is 28.4 Å². The number of unbranched alkanes of at least 4 members (excludes halogenated alkanes) is 8. The highest BCUT2D eigenvalue weighted by atomic mass is 16.5. The molecule has 4 atom stereocenters. The Balaban J connectivity index is 1.42. The van der Waals surface area contributed by atoms with Gasteiger partial charge in [0, 0.05) is 58.4 Å². The Hall–Kier alpha value is -4.32. The molecule has 60 heavy (non-hydrogen) atoms. The molecule has 326 valence electrons. The van der Waals surface area contributed by atoms with Crippen molar-refractivity contribution < 1.29 is 28.4 Å². The molecular weight excluding hydrogens is 745 g/mol. The predicted molar refractivity (Wildman–Crippen MR) is 247 cm³/mol. The molecular formula is C54H74O6. The van der Waals surface area contributed by atoms with E-state index >= 15 is 0 Å². The van der Waals surface area contributed by atoms with Crippen molar-refractivity contribution in [1.82, 2.24) is 0 Å². The molecule has 0 fully saturated rings. The van der Waals surface area contributed by atoms with Gasteiger partial charge in [-0.2, -0.15) is 0 Å². The normalized spacial score (nSPS) is 17.1. The maximum absolute atomic E-state index is 6.89. The lowest BCUT2D eigenvalue weighted by Gasteiger charge is -2.38. The van der Waals surface area contributed by atoms with E-state index in [1.165, 1.54) is 51.4 Å². The smallest absolute Gasteiger partial charge is 0.134 e. The highest BCUT2D eigenvalue weighted by Gasteiger charge is 2.41. The summed E-state index contributed by atoms with van der Waals surface area (Å²) < 4.78 is 39.9. The molecule has 0 aliphatic carbocycles. The van der Waals surface area contributed by atoms with Crippen LogP contribution in [-0.2, 0) is 0 Å². The fraction of sp³-hybridized carbons (Fsp3) is 0.556. The Bertz CT molecular complexity index is 1660. The summed E-state index contributed by atoms with van der Waals surface area (Å²) in [5, 5.41) is 0. The van der Waals surface area contributed by atoms with Crippen molar-refractivity contribution in [3.8, 4) is 46.0 Å².